The Balaban J connectivity index is 1.54. The summed E-state index contributed by atoms with van der Waals surface area (Å²) in [5, 5.41) is 6.31. The lowest BCUT2D eigenvalue weighted by Crippen LogP contribution is -2.14. The van der Waals surface area contributed by atoms with Crippen LogP contribution in [0.25, 0.3) is 16.8 Å². The minimum absolute atomic E-state index is 0.0644. The summed E-state index contributed by atoms with van der Waals surface area (Å²) >= 11 is 0. The zero-order valence-electron chi connectivity index (χ0n) is 17.1. The first-order valence-electron chi connectivity index (χ1n) is 9.66. The number of hydrogen-bond donors (Lipinski definition) is 2. The van der Waals surface area contributed by atoms with Crippen LogP contribution in [0.4, 0.5) is 11.4 Å². The molecular formula is C24H23N3O3. The number of ether oxygens (including phenoxy) is 2. The molecule has 0 radical (unpaired) electrons. The maximum absolute atomic E-state index is 12.5. The molecule has 2 aromatic carbocycles. The molecule has 0 aliphatic carbocycles. The number of nitrogens with one attached hydrogen (secondary N) is 2. The maximum Gasteiger partial charge on any atom is 0.256 e. The minimum Gasteiger partial charge on any atom is -0.493 e. The van der Waals surface area contributed by atoms with E-state index in [0.29, 0.717) is 17.1 Å². The molecular weight excluding hydrogens is 378 g/mol. The van der Waals surface area contributed by atoms with Gasteiger partial charge in [-0.05, 0) is 43.3 Å². The predicted molar refractivity (Wildman–Crippen MR) is 119 cm³/mol. The van der Waals surface area contributed by atoms with E-state index in [1.54, 1.807) is 26.5 Å². The van der Waals surface area contributed by atoms with Crippen LogP contribution in [0.3, 0.4) is 0 Å². The van der Waals surface area contributed by atoms with Crippen LogP contribution in [-0.2, 0) is 4.79 Å². The van der Waals surface area contributed by atoms with E-state index in [2.05, 4.69) is 15.6 Å². The summed E-state index contributed by atoms with van der Waals surface area (Å²) in [5.74, 6) is 1.03. The summed E-state index contributed by atoms with van der Waals surface area (Å²) in [6, 6.07) is 17.5. The molecule has 0 saturated heterocycles. The topological polar surface area (TPSA) is 72.5 Å². The van der Waals surface area contributed by atoms with Gasteiger partial charge in [0.05, 0.1) is 25.6 Å². The number of fused-ring (bicyclic) bond motifs is 1. The zero-order valence-corrected chi connectivity index (χ0v) is 17.1. The summed E-state index contributed by atoms with van der Waals surface area (Å²) in [5.41, 5.74) is 5.08. The van der Waals surface area contributed by atoms with Gasteiger partial charge in [0, 0.05) is 40.7 Å². The van der Waals surface area contributed by atoms with Gasteiger partial charge in [-0.1, -0.05) is 18.2 Å². The Morgan fingerprint density at radius 2 is 1.77 bits per heavy atom. The normalized spacial score (nSPS) is 14.8. The van der Waals surface area contributed by atoms with Crippen molar-refractivity contribution in [1.29, 1.82) is 0 Å². The lowest BCUT2D eigenvalue weighted by molar-refractivity contribution is -0.110. The van der Waals surface area contributed by atoms with E-state index in [-0.39, 0.29) is 11.9 Å². The van der Waals surface area contributed by atoms with Crippen LogP contribution in [-0.4, -0.2) is 31.2 Å². The molecule has 3 aromatic rings. The number of rotatable bonds is 6. The number of pyridine rings is 1. The van der Waals surface area contributed by atoms with Crippen LogP contribution < -0.4 is 20.1 Å². The minimum atomic E-state index is -0.139. The Morgan fingerprint density at radius 3 is 2.43 bits per heavy atom. The van der Waals surface area contributed by atoms with Gasteiger partial charge >= 0.3 is 0 Å². The van der Waals surface area contributed by atoms with E-state index in [0.717, 1.165) is 28.2 Å². The molecule has 2 heterocycles. The van der Waals surface area contributed by atoms with Gasteiger partial charge in [0.2, 0.25) is 0 Å². The molecule has 0 saturated carbocycles. The number of methoxy groups -OCH3 is 2. The molecule has 1 amide bonds. The van der Waals surface area contributed by atoms with E-state index in [9.17, 15) is 4.79 Å². The van der Waals surface area contributed by atoms with Crippen molar-refractivity contribution in [1.82, 2.24) is 4.98 Å². The molecule has 0 spiro atoms. The molecule has 4 rings (SSSR count). The average molecular weight is 401 g/mol. The van der Waals surface area contributed by atoms with E-state index in [1.807, 2.05) is 61.5 Å². The molecule has 0 fully saturated rings. The summed E-state index contributed by atoms with van der Waals surface area (Å²) in [6.07, 6.45) is 3.70. The van der Waals surface area contributed by atoms with Gasteiger partial charge in [0.15, 0.2) is 11.5 Å². The van der Waals surface area contributed by atoms with Crippen molar-refractivity contribution in [2.75, 3.05) is 24.9 Å². The van der Waals surface area contributed by atoms with Gasteiger partial charge in [-0.3, -0.25) is 9.78 Å². The number of anilines is 2. The first-order chi connectivity index (χ1) is 14.6. The first kappa shape index (κ1) is 19.5. The highest BCUT2D eigenvalue weighted by atomic mass is 16.5. The fourth-order valence-corrected chi connectivity index (χ4v) is 3.51. The highest BCUT2D eigenvalue weighted by molar-refractivity contribution is 6.31. The molecule has 30 heavy (non-hydrogen) atoms. The summed E-state index contributed by atoms with van der Waals surface area (Å²) in [7, 11) is 3.15. The van der Waals surface area contributed by atoms with Crippen molar-refractivity contribution < 1.29 is 14.3 Å². The number of amides is 1. The van der Waals surface area contributed by atoms with Gasteiger partial charge in [0.1, 0.15) is 0 Å². The molecule has 1 unspecified atom stereocenters. The third kappa shape index (κ3) is 3.85. The van der Waals surface area contributed by atoms with Crippen LogP contribution in [0.1, 0.15) is 12.5 Å². The van der Waals surface area contributed by atoms with Gasteiger partial charge in [-0.2, -0.15) is 0 Å². The van der Waals surface area contributed by atoms with Gasteiger partial charge in [0.25, 0.3) is 5.91 Å². The van der Waals surface area contributed by atoms with Crippen molar-refractivity contribution in [2.24, 2.45) is 0 Å². The van der Waals surface area contributed by atoms with E-state index >= 15 is 0 Å². The Bertz CT molecular complexity index is 1090. The Morgan fingerprint density at radius 1 is 1.03 bits per heavy atom. The number of nitrogens with zero attached hydrogens (tertiary/aromatic N) is 1. The molecule has 152 valence electrons. The van der Waals surface area contributed by atoms with Crippen LogP contribution in [0.15, 0.2) is 66.9 Å². The second-order valence-corrected chi connectivity index (χ2v) is 7.01. The van der Waals surface area contributed by atoms with Crippen molar-refractivity contribution in [3.63, 3.8) is 0 Å². The number of aromatic nitrogens is 1. The molecule has 1 aliphatic heterocycles. The zero-order chi connectivity index (χ0) is 21.1. The summed E-state index contributed by atoms with van der Waals surface area (Å²) in [6.45, 7) is 2.01. The summed E-state index contributed by atoms with van der Waals surface area (Å²) in [4.78, 5) is 16.9. The molecule has 2 N–H and O–H groups in total. The van der Waals surface area contributed by atoms with Crippen LogP contribution >= 0.6 is 0 Å². The van der Waals surface area contributed by atoms with Crippen molar-refractivity contribution in [3.8, 4) is 22.8 Å². The van der Waals surface area contributed by atoms with Crippen LogP contribution in [0, 0.1) is 0 Å². The van der Waals surface area contributed by atoms with E-state index < -0.39 is 0 Å². The monoisotopic (exact) mass is 401 g/mol. The molecule has 1 aromatic heterocycles. The van der Waals surface area contributed by atoms with Crippen molar-refractivity contribution in [3.05, 3.63) is 72.4 Å². The Kier molecular flexibility index (Phi) is 5.39. The quantitative estimate of drug-likeness (QED) is 0.591. The molecule has 0 bridgehead atoms. The second kappa shape index (κ2) is 8.29. The fourth-order valence-electron chi connectivity index (χ4n) is 3.51. The average Bonchev–Trinajstić information content (AvgIpc) is 3.07. The smallest absolute Gasteiger partial charge is 0.256 e. The number of carbonyl (C=O) groups excluding carboxylic acids is 1. The van der Waals surface area contributed by atoms with Gasteiger partial charge in [-0.25, -0.2) is 0 Å². The van der Waals surface area contributed by atoms with Gasteiger partial charge in [-0.15, -0.1) is 0 Å². The SMILES string of the molecule is COc1cc2c(cc1OC)C(=CC(C)Nc1ccc(-c3ccccn3)cc1)C(=O)N2. The van der Waals surface area contributed by atoms with Crippen LogP contribution in [0.5, 0.6) is 11.5 Å². The molecule has 6 nitrogen and oxygen atoms in total. The third-order valence-corrected chi connectivity index (χ3v) is 4.96. The second-order valence-electron chi connectivity index (χ2n) is 7.01. The highest BCUT2D eigenvalue weighted by Gasteiger charge is 2.27. The summed E-state index contributed by atoms with van der Waals surface area (Å²) < 4.78 is 10.7. The molecule has 6 heteroatoms. The molecule has 1 aliphatic rings. The van der Waals surface area contributed by atoms with E-state index in [4.69, 9.17) is 9.47 Å². The third-order valence-electron chi connectivity index (χ3n) is 4.96. The van der Waals surface area contributed by atoms with Crippen molar-refractivity contribution >= 4 is 22.9 Å². The van der Waals surface area contributed by atoms with Gasteiger partial charge < -0.3 is 20.1 Å². The standard InChI is InChI=1S/C24H23N3O3/c1-15(26-17-9-7-16(8-10-17)20-6-4-5-11-25-20)12-19-18-13-22(29-2)23(30-3)14-21(18)27-24(19)28/h4-15,26H,1-3H3,(H,27,28). The van der Waals surface area contributed by atoms with E-state index in [1.165, 1.54) is 0 Å². The first-order valence-corrected chi connectivity index (χ1v) is 9.66. The lowest BCUT2D eigenvalue weighted by Gasteiger charge is -2.13. The largest absolute Gasteiger partial charge is 0.493 e. The van der Waals surface area contributed by atoms with Crippen molar-refractivity contribution in [2.45, 2.75) is 13.0 Å². The number of hydrogen-bond acceptors (Lipinski definition) is 5. The highest BCUT2D eigenvalue weighted by Crippen LogP contribution is 2.40. The predicted octanol–water partition coefficient (Wildman–Crippen LogP) is 4.60. The number of benzene rings is 2. The lowest BCUT2D eigenvalue weighted by atomic mass is 10.0. The Labute approximate surface area is 175 Å². The maximum atomic E-state index is 12.5. The van der Waals surface area contributed by atoms with Crippen LogP contribution in [0.2, 0.25) is 0 Å². The number of carbonyl (C=O) groups is 1. The Hall–Kier alpha value is -3.80. The molecule has 1 atom stereocenters. The fraction of sp³-hybridized carbons (Fsp3) is 0.167.